The van der Waals surface area contributed by atoms with Crippen molar-refractivity contribution in [3.05, 3.63) is 83.8 Å². The molecule has 7 nitrogen and oxygen atoms in total. The lowest BCUT2D eigenvalue weighted by Crippen LogP contribution is -2.50. The Morgan fingerprint density at radius 1 is 0.933 bits per heavy atom. The summed E-state index contributed by atoms with van der Waals surface area (Å²) in [5.41, 5.74) is 3.16. The van der Waals surface area contributed by atoms with Gasteiger partial charge in [-0.3, -0.25) is 14.4 Å². The van der Waals surface area contributed by atoms with Gasteiger partial charge in [0.1, 0.15) is 6.04 Å². The van der Waals surface area contributed by atoms with E-state index in [1.165, 1.54) is 18.1 Å². The van der Waals surface area contributed by atoms with Gasteiger partial charge in [-0.2, -0.15) is 0 Å². The number of fused-ring (bicyclic) bond motifs is 1. The van der Waals surface area contributed by atoms with Gasteiger partial charge in [0.2, 0.25) is 11.8 Å². The van der Waals surface area contributed by atoms with Crippen LogP contribution in [-0.2, 0) is 22.6 Å². The fourth-order valence-corrected chi connectivity index (χ4v) is 3.62. The fourth-order valence-electron chi connectivity index (χ4n) is 3.62. The summed E-state index contributed by atoms with van der Waals surface area (Å²) in [6, 6.07) is 17.2. The summed E-state index contributed by atoms with van der Waals surface area (Å²) in [5, 5.41) is 5.56. The van der Waals surface area contributed by atoms with Gasteiger partial charge in [-0.25, -0.2) is 0 Å². The Labute approximate surface area is 173 Å². The van der Waals surface area contributed by atoms with Crippen LogP contribution in [0.25, 0.3) is 0 Å². The van der Waals surface area contributed by atoms with Gasteiger partial charge < -0.3 is 20.0 Å². The number of carbonyl (C=O) groups is 3. The number of anilines is 2. The molecule has 2 N–H and O–H groups in total. The molecule has 2 heterocycles. The van der Waals surface area contributed by atoms with Gasteiger partial charge in [0.05, 0.1) is 6.26 Å². The molecule has 1 aliphatic rings. The lowest BCUT2D eigenvalue weighted by Gasteiger charge is -2.35. The van der Waals surface area contributed by atoms with E-state index < -0.39 is 6.04 Å². The van der Waals surface area contributed by atoms with Crippen molar-refractivity contribution in [3.8, 4) is 0 Å². The average Bonchev–Trinajstić information content (AvgIpc) is 3.27. The highest BCUT2D eigenvalue weighted by atomic mass is 16.3. The van der Waals surface area contributed by atoms with Crippen LogP contribution in [0.2, 0.25) is 0 Å². The van der Waals surface area contributed by atoms with E-state index in [0.29, 0.717) is 24.3 Å². The lowest BCUT2D eigenvalue weighted by atomic mass is 9.93. The Kier molecular flexibility index (Phi) is 5.34. The number of rotatable bonds is 4. The molecule has 152 valence electrons. The van der Waals surface area contributed by atoms with Crippen LogP contribution in [0, 0.1) is 0 Å². The molecule has 4 rings (SSSR count). The highest BCUT2D eigenvalue weighted by Gasteiger charge is 2.36. The molecule has 0 spiro atoms. The number of nitrogens with one attached hydrogen (secondary N) is 2. The number of nitrogens with zero attached hydrogens (tertiary/aromatic N) is 1. The quantitative estimate of drug-likeness (QED) is 0.698. The molecule has 0 aliphatic carbocycles. The zero-order chi connectivity index (χ0) is 21.1. The third kappa shape index (κ3) is 4.10. The normalized spacial score (nSPS) is 15.2. The van der Waals surface area contributed by atoms with Crippen molar-refractivity contribution >= 4 is 29.1 Å². The highest BCUT2D eigenvalue weighted by Crippen LogP contribution is 2.26. The predicted molar refractivity (Wildman–Crippen MR) is 112 cm³/mol. The topological polar surface area (TPSA) is 91.7 Å². The van der Waals surface area contributed by atoms with E-state index in [-0.39, 0.29) is 23.5 Å². The van der Waals surface area contributed by atoms with E-state index in [4.69, 9.17) is 4.42 Å². The molecule has 0 saturated carbocycles. The minimum Gasteiger partial charge on any atom is -0.459 e. The van der Waals surface area contributed by atoms with Crippen LogP contribution in [0.5, 0.6) is 0 Å². The van der Waals surface area contributed by atoms with Crippen molar-refractivity contribution in [2.45, 2.75) is 25.9 Å². The highest BCUT2D eigenvalue weighted by molar-refractivity contribution is 6.01. The summed E-state index contributed by atoms with van der Waals surface area (Å²) in [7, 11) is 0. The van der Waals surface area contributed by atoms with Gasteiger partial charge in [0, 0.05) is 31.3 Å². The number of benzene rings is 2. The first-order chi connectivity index (χ1) is 14.5. The molecule has 7 heteroatoms. The summed E-state index contributed by atoms with van der Waals surface area (Å²) in [4.78, 5) is 39.0. The van der Waals surface area contributed by atoms with Crippen LogP contribution in [0.15, 0.2) is 71.3 Å². The Morgan fingerprint density at radius 3 is 2.37 bits per heavy atom. The SMILES string of the molecule is CC(=O)Nc1cccc(NC(=O)C2Cc3ccccc3CN2C(=O)c2ccco2)c1. The second-order valence-corrected chi connectivity index (χ2v) is 7.15. The smallest absolute Gasteiger partial charge is 0.290 e. The van der Waals surface area contributed by atoms with Crippen LogP contribution >= 0.6 is 0 Å². The number of amides is 3. The van der Waals surface area contributed by atoms with Gasteiger partial charge in [-0.05, 0) is 41.5 Å². The van der Waals surface area contributed by atoms with Crippen LogP contribution in [0.4, 0.5) is 11.4 Å². The van der Waals surface area contributed by atoms with Gasteiger partial charge >= 0.3 is 0 Å². The standard InChI is InChI=1S/C23H21N3O4/c1-15(27)24-18-8-4-9-19(13-18)25-22(28)20-12-16-6-2-3-7-17(16)14-26(20)23(29)21-10-5-11-30-21/h2-11,13,20H,12,14H2,1H3,(H,24,27)(H,25,28). The molecule has 3 aromatic rings. The number of hydrogen-bond acceptors (Lipinski definition) is 4. The second-order valence-electron chi connectivity index (χ2n) is 7.15. The summed E-state index contributed by atoms with van der Waals surface area (Å²) < 4.78 is 5.27. The van der Waals surface area contributed by atoms with Crippen LogP contribution in [-0.4, -0.2) is 28.7 Å². The van der Waals surface area contributed by atoms with E-state index >= 15 is 0 Å². The number of carbonyl (C=O) groups excluding carboxylic acids is 3. The molecule has 3 amide bonds. The maximum Gasteiger partial charge on any atom is 0.290 e. The van der Waals surface area contributed by atoms with Crippen molar-refractivity contribution in [1.82, 2.24) is 4.90 Å². The first kappa shape index (κ1) is 19.4. The first-order valence-corrected chi connectivity index (χ1v) is 9.61. The molecule has 30 heavy (non-hydrogen) atoms. The zero-order valence-corrected chi connectivity index (χ0v) is 16.4. The van der Waals surface area contributed by atoms with Gasteiger partial charge in [0.15, 0.2) is 5.76 Å². The molecular weight excluding hydrogens is 382 g/mol. The average molecular weight is 403 g/mol. The Balaban J connectivity index is 1.60. The maximum atomic E-state index is 13.2. The Hall–Kier alpha value is -3.87. The van der Waals surface area contributed by atoms with Crippen molar-refractivity contribution in [3.63, 3.8) is 0 Å². The van der Waals surface area contributed by atoms with Crippen LogP contribution < -0.4 is 10.6 Å². The third-order valence-corrected chi connectivity index (χ3v) is 4.99. The van der Waals surface area contributed by atoms with Crippen molar-refractivity contribution in [2.24, 2.45) is 0 Å². The molecule has 0 fully saturated rings. The molecule has 1 aliphatic heterocycles. The molecule has 0 saturated heterocycles. The van der Waals surface area contributed by atoms with E-state index in [0.717, 1.165) is 11.1 Å². The minimum absolute atomic E-state index is 0.194. The summed E-state index contributed by atoms with van der Waals surface area (Å²) >= 11 is 0. The van der Waals surface area contributed by atoms with E-state index in [1.807, 2.05) is 24.3 Å². The summed E-state index contributed by atoms with van der Waals surface area (Å²) in [6.45, 7) is 1.74. The lowest BCUT2D eigenvalue weighted by molar-refractivity contribution is -0.121. The van der Waals surface area contributed by atoms with Gasteiger partial charge in [-0.15, -0.1) is 0 Å². The van der Waals surface area contributed by atoms with Crippen LogP contribution in [0.1, 0.15) is 28.6 Å². The number of furan rings is 1. The molecular formula is C23H21N3O4. The van der Waals surface area contributed by atoms with Crippen molar-refractivity contribution in [2.75, 3.05) is 10.6 Å². The molecule has 1 aromatic heterocycles. The molecule has 1 atom stereocenters. The zero-order valence-electron chi connectivity index (χ0n) is 16.4. The summed E-state index contributed by atoms with van der Waals surface area (Å²) in [5.74, 6) is -0.636. The first-order valence-electron chi connectivity index (χ1n) is 9.61. The largest absolute Gasteiger partial charge is 0.459 e. The predicted octanol–water partition coefficient (Wildman–Crippen LogP) is 3.44. The van der Waals surface area contributed by atoms with Gasteiger partial charge in [-0.1, -0.05) is 30.3 Å². The van der Waals surface area contributed by atoms with Gasteiger partial charge in [0.25, 0.3) is 5.91 Å². The van der Waals surface area contributed by atoms with Crippen molar-refractivity contribution < 1.29 is 18.8 Å². The summed E-state index contributed by atoms with van der Waals surface area (Å²) in [6.07, 6.45) is 1.84. The Bertz CT molecular complexity index is 1090. The van der Waals surface area contributed by atoms with E-state index in [2.05, 4.69) is 10.6 Å². The maximum absolute atomic E-state index is 13.2. The monoisotopic (exact) mass is 403 g/mol. The van der Waals surface area contributed by atoms with Crippen molar-refractivity contribution in [1.29, 1.82) is 0 Å². The molecule has 0 bridgehead atoms. The fraction of sp³-hybridized carbons (Fsp3) is 0.174. The molecule has 0 radical (unpaired) electrons. The molecule has 1 unspecified atom stereocenters. The van der Waals surface area contributed by atoms with E-state index in [9.17, 15) is 14.4 Å². The Morgan fingerprint density at radius 2 is 1.67 bits per heavy atom. The minimum atomic E-state index is -0.693. The molecule has 2 aromatic carbocycles. The third-order valence-electron chi connectivity index (χ3n) is 4.99. The second kappa shape index (κ2) is 8.24. The van der Waals surface area contributed by atoms with E-state index in [1.54, 1.807) is 36.4 Å². The van der Waals surface area contributed by atoms with Crippen LogP contribution in [0.3, 0.4) is 0 Å². The number of hydrogen-bond donors (Lipinski definition) is 2.